The van der Waals surface area contributed by atoms with Gasteiger partial charge in [0.2, 0.25) is 0 Å². The maximum absolute atomic E-state index is 4.07. The highest BCUT2D eigenvalue weighted by atomic mass is 14.9. The molecule has 1 aliphatic rings. The summed E-state index contributed by atoms with van der Waals surface area (Å²) in [4.78, 5) is 4.07. The highest BCUT2D eigenvalue weighted by Gasteiger charge is 2.21. The lowest BCUT2D eigenvalue weighted by atomic mass is 9.84. The average Bonchev–Trinajstić information content (AvgIpc) is 2.40. The van der Waals surface area contributed by atoms with Crippen LogP contribution in [0, 0.1) is 5.92 Å². The molecule has 2 heteroatoms. The molecule has 0 amide bonds. The molecule has 2 nitrogen and oxygen atoms in total. The quantitative estimate of drug-likeness (QED) is 0.856. The molecule has 94 valence electrons. The number of hydrogen-bond donors (Lipinski definition) is 1. The van der Waals surface area contributed by atoms with E-state index in [1.807, 2.05) is 12.4 Å². The summed E-state index contributed by atoms with van der Waals surface area (Å²) in [6.07, 6.45) is 10.6. The highest BCUT2D eigenvalue weighted by molar-refractivity contribution is 5.14. The molecule has 1 unspecified atom stereocenters. The molecule has 2 rings (SSSR count). The fraction of sp³-hybridized carbons (Fsp3) is 0.667. The third-order valence-electron chi connectivity index (χ3n) is 4.12. The van der Waals surface area contributed by atoms with Gasteiger partial charge in [0.15, 0.2) is 0 Å². The average molecular weight is 232 g/mol. The van der Waals surface area contributed by atoms with Crippen LogP contribution in [-0.2, 0) is 0 Å². The van der Waals surface area contributed by atoms with Gasteiger partial charge in [-0.05, 0) is 56.2 Å². The first-order valence-corrected chi connectivity index (χ1v) is 6.95. The van der Waals surface area contributed by atoms with Gasteiger partial charge in [-0.2, -0.15) is 0 Å². The van der Waals surface area contributed by atoms with Gasteiger partial charge in [-0.15, -0.1) is 0 Å². The number of pyridine rings is 1. The second-order valence-corrected chi connectivity index (χ2v) is 5.29. The molecule has 0 aromatic carbocycles. The molecule has 1 heterocycles. The number of rotatable bonds is 4. The van der Waals surface area contributed by atoms with E-state index in [0.29, 0.717) is 12.1 Å². The van der Waals surface area contributed by atoms with E-state index in [1.54, 1.807) is 0 Å². The van der Waals surface area contributed by atoms with Crippen molar-refractivity contribution in [2.24, 2.45) is 5.92 Å². The summed E-state index contributed by atoms with van der Waals surface area (Å²) in [7, 11) is 0. The molecular weight excluding hydrogens is 208 g/mol. The molecular formula is C15H24N2. The van der Waals surface area contributed by atoms with Crippen molar-refractivity contribution in [2.75, 3.05) is 0 Å². The van der Waals surface area contributed by atoms with Crippen molar-refractivity contribution in [3.63, 3.8) is 0 Å². The third-order valence-corrected chi connectivity index (χ3v) is 4.12. The number of nitrogens with zero attached hydrogens (tertiary/aromatic N) is 1. The maximum Gasteiger partial charge on any atom is 0.0295 e. The Morgan fingerprint density at radius 1 is 1.24 bits per heavy atom. The molecule has 1 saturated carbocycles. The summed E-state index contributed by atoms with van der Waals surface area (Å²) in [5.74, 6) is 0.976. The van der Waals surface area contributed by atoms with Gasteiger partial charge in [-0.25, -0.2) is 0 Å². The predicted octanol–water partition coefficient (Wildman–Crippen LogP) is 3.70. The van der Waals surface area contributed by atoms with E-state index in [0.717, 1.165) is 5.92 Å². The standard InChI is InChI=1S/C15H24N2/c1-3-13-4-6-15(7-5-13)17-12(2)14-8-10-16-11-9-14/h8-13,15,17H,3-7H2,1-2H3. The van der Waals surface area contributed by atoms with E-state index in [-0.39, 0.29) is 0 Å². The van der Waals surface area contributed by atoms with Crippen LogP contribution in [0.2, 0.25) is 0 Å². The second kappa shape index (κ2) is 6.15. The van der Waals surface area contributed by atoms with Gasteiger partial charge in [0.1, 0.15) is 0 Å². The van der Waals surface area contributed by atoms with E-state index in [1.165, 1.54) is 37.7 Å². The summed E-state index contributed by atoms with van der Waals surface area (Å²) in [5.41, 5.74) is 1.35. The number of aromatic nitrogens is 1. The molecule has 1 aromatic heterocycles. The summed E-state index contributed by atoms with van der Waals surface area (Å²) < 4.78 is 0. The Bertz CT molecular complexity index is 315. The molecule has 1 aliphatic carbocycles. The smallest absolute Gasteiger partial charge is 0.0295 e. The first-order chi connectivity index (χ1) is 8.29. The van der Waals surface area contributed by atoms with Crippen molar-refractivity contribution in [1.82, 2.24) is 10.3 Å². The van der Waals surface area contributed by atoms with Gasteiger partial charge in [-0.3, -0.25) is 4.98 Å². The van der Waals surface area contributed by atoms with Crippen LogP contribution in [0.3, 0.4) is 0 Å². The minimum Gasteiger partial charge on any atom is -0.307 e. The van der Waals surface area contributed by atoms with E-state index in [4.69, 9.17) is 0 Å². The fourth-order valence-corrected chi connectivity index (χ4v) is 2.84. The number of hydrogen-bond acceptors (Lipinski definition) is 2. The molecule has 1 fully saturated rings. The van der Waals surface area contributed by atoms with Gasteiger partial charge in [0, 0.05) is 24.5 Å². The Morgan fingerprint density at radius 3 is 2.47 bits per heavy atom. The topological polar surface area (TPSA) is 24.9 Å². The van der Waals surface area contributed by atoms with Crippen molar-refractivity contribution in [3.8, 4) is 0 Å². The molecule has 0 radical (unpaired) electrons. The summed E-state index contributed by atoms with van der Waals surface area (Å²) in [6, 6.07) is 5.37. The highest BCUT2D eigenvalue weighted by Crippen LogP contribution is 2.27. The van der Waals surface area contributed by atoms with Crippen molar-refractivity contribution in [1.29, 1.82) is 0 Å². The minimum atomic E-state index is 0.446. The minimum absolute atomic E-state index is 0.446. The van der Waals surface area contributed by atoms with Gasteiger partial charge in [0.25, 0.3) is 0 Å². The zero-order valence-corrected chi connectivity index (χ0v) is 11.0. The van der Waals surface area contributed by atoms with Gasteiger partial charge >= 0.3 is 0 Å². The molecule has 0 aliphatic heterocycles. The van der Waals surface area contributed by atoms with Crippen LogP contribution in [0.5, 0.6) is 0 Å². The van der Waals surface area contributed by atoms with Gasteiger partial charge in [-0.1, -0.05) is 13.3 Å². The molecule has 1 aromatic rings. The Morgan fingerprint density at radius 2 is 1.88 bits per heavy atom. The molecule has 0 bridgehead atoms. The van der Waals surface area contributed by atoms with Crippen LogP contribution in [0.4, 0.5) is 0 Å². The van der Waals surface area contributed by atoms with Crippen LogP contribution in [0.25, 0.3) is 0 Å². The van der Waals surface area contributed by atoms with Crippen LogP contribution < -0.4 is 5.32 Å². The van der Waals surface area contributed by atoms with Crippen LogP contribution in [0.15, 0.2) is 24.5 Å². The largest absolute Gasteiger partial charge is 0.307 e. The van der Waals surface area contributed by atoms with E-state index in [9.17, 15) is 0 Å². The predicted molar refractivity (Wildman–Crippen MR) is 71.8 cm³/mol. The van der Waals surface area contributed by atoms with E-state index >= 15 is 0 Å². The molecule has 1 atom stereocenters. The van der Waals surface area contributed by atoms with Crippen molar-refractivity contribution >= 4 is 0 Å². The monoisotopic (exact) mass is 232 g/mol. The lowest BCUT2D eigenvalue weighted by Crippen LogP contribution is -2.34. The molecule has 1 N–H and O–H groups in total. The SMILES string of the molecule is CCC1CCC(NC(C)c2ccncc2)CC1. The van der Waals surface area contributed by atoms with Gasteiger partial charge in [0.05, 0.1) is 0 Å². The molecule has 17 heavy (non-hydrogen) atoms. The van der Waals surface area contributed by atoms with Crippen LogP contribution in [0.1, 0.15) is 57.6 Å². The fourth-order valence-electron chi connectivity index (χ4n) is 2.84. The van der Waals surface area contributed by atoms with E-state index < -0.39 is 0 Å². The van der Waals surface area contributed by atoms with Crippen molar-refractivity contribution in [2.45, 2.75) is 58.0 Å². The lowest BCUT2D eigenvalue weighted by Gasteiger charge is -2.30. The van der Waals surface area contributed by atoms with E-state index in [2.05, 4.69) is 36.3 Å². The normalized spacial score (nSPS) is 26.7. The number of nitrogens with one attached hydrogen (secondary N) is 1. The molecule has 0 spiro atoms. The van der Waals surface area contributed by atoms with Crippen LogP contribution >= 0.6 is 0 Å². The summed E-state index contributed by atoms with van der Waals surface area (Å²) in [6.45, 7) is 4.57. The van der Waals surface area contributed by atoms with Crippen molar-refractivity contribution in [3.05, 3.63) is 30.1 Å². The Balaban J connectivity index is 1.82. The first kappa shape index (κ1) is 12.6. The second-order valence-electron chi connectivity index (χ2n) is 5.29. The third kappa shape index (κ3) is 3.53. The maximum atomic E-state index is 4.07. The van der Waals surface area contributed by atoms with Crippen LogP contribution in [-0.4, -0.2) is 11.0 Å². The summed E-state index contributed by atoms with van der Waals surface area (Å²) in [5, 5.41) is 3.75. The molecule has 0 saturated heterocycles. The Hall–Kier alpha value is -0.890. The zero-order valence-electron chi connectivity index (χ0n) is 11.0. The zero-order chi connectivity index (χ0) is 12.1. The van der Waals surface area contributed by atoms with Crippen molar-refractivity contribution < 1.29 is 0 Å². The van der Waals surface area contributed by atoms with Gasteiger partial charge < -0.3 is 5.32 Å². The first-order valence-electron chi connectivity index (χ1n) is 6.95. The Labute approximate surface area is 105 Å². The Kier molecular flexibility index (Phi) is 4.55. The lowest BCUT2D eigenvalue weighted by molar-refractivity contribution is 0.273. The summed E-state index contributed by atoms with van der Waals surface area (Å²) >= 11 is 0.